The Balaban J connectivity index is 1.26. The van der Waals surface area contributed by atoms with Crippen LogP contribution < -0.4 is 39.4 Å². The van der Waals surface area contributed by atoms with Gasteiger partial charge in [-0.15, -0.1) is 20.5 Å². The van der Waals surface area contributed by atoms with Crippen LogP contribution in [0.5, 0.6) is 23.0 Å². The predicted octanol–water partition coefficient (Wildman–Crippen LogP) is 11.9. The lowest BCUT2D eigenvalue weighted by molar-refractivity contribution is 0.397. The van der Waals surface area contributed by atoms with Crippen molar-refractivity contribution in [1.29, 1.82) is 10.5 Å². The zero-order chi connectivity index (χ0) is 63.7. The number of nitriles is 2. The maximum absolute atomic E-state index is 12.3. The Kier molecular flexibility index (Phi) is 20.5. The number of nitrogens with zero attached hydrogens (tertiary/aromatic N) is 13. The van der Waals surface area contributed by atoms with E-state index in [0.29, 0.717) is 54.6 Å². The van der Waals surface area contributed by atoms with Gasteiger partial charge in [0, 0.05) is 55.2 Å². The van der Waals surface area contributed by atoms with Crippen LogP contribution in [-0.4, -0.2) is 117 Å². The second-order valence-corrected chi connectivity index (χ2v) is 24.7. The van der Waals surface area contributed by atoms with E-state index < -0.39 is 40.1 Å². The van der Waals surface area contributed by atoms with Crippen LogP contribution in [0.25, 0.3) is 22.5 Å². The second kappa shape index (κ2) is 27.8. The third kappa shape index (κ3) is 14.7. The van der Waals surface area contributed by atoms with Crippen LogP contribution in [0.15, 0.2) is 125 Å². The lowest BCUT2D eigenvalue weighted by Gasteiger charge is -2.25. The number of anilines is 6. The fraction of sp³-hybridized carbons (Fsp3) is 0.241. The van der Waals surface area contributed by atoms with Gasteiger partial charge in [-0.2, -0.15) is 59.5 Å². The van der Waals surface area contributed by atoms with Crippen LogP contribution in [0.4, 0.5) is 56.0 Å². The average Bonchev–Trinajstić information content (AvgIpc) is 4.27. The third-order valence-electron chi connectivity index (χ3n) is 13.0. The first kappa shape index (κ1) is 65.0. The molecule has 0 spiro atoms. The number of ether oxygens (including phenoxy) is 4. The molecule has 5 N–H and O–H groups in total. The summed E-state index contributed by atoms with van der Waals surface area (Å²) in [6, 6.07) is 24.3. The van der Waals surface area contributed by atoms with Gasteiger partial charge in [-0.05, 0) is 117 Å². The lowest BCUT2D eigenvalue weighted by atomic mass is 10.1. The first-order valence-electron chi connectivity index (χ1n) is 25.9. The highest BCUT2D eigenvalue weighted by atomic mass is 32.2. The van der Waals surface area contributed by atoms with Crippen molar-refractivity contribution in [3.63, 3.8) is 0 Å². The quantitative estimate of drug-likeness (QED) is 0.0191. The van der Waals surface area contributed by atoms with E-state index in [4.69, 9.17) is 33.9 Å². The van der Waals surface area contributed by atoms with E-state index in [-0.39, 0.29) is 106 Å². The predicted molar refractivity (Wildman–Crippen MR) is 331 cm³/mol. The summed E-state index contributed by atoms with van der Waals surface area (Å²) in [6.07, 6.45) is 0. The van der Waals surface area contributed by atoms with Gasteiger partial charge in [0.15, 0.2) is 15.2 Å². The van der Waals surface area contributed by atoms with E-state index in [9.17, 15) is 49.4 Å². The molecule has 0 saturated heterocycles. The molecule has 28 nitrogen and oxygen atoms in total. The minimum Gasteiger partial charge on any atom is -0.495 e. The standard InChI is InChI=1S/C54H53N15O13S6/c1-9-68(10-2)40-23-36(38(25-44(40)81-7)62-64-50-34(27-55)48(66-84-50)31-16-18-42(79-5)46(21-31)87(73,74)75)57-52-59-53(61-54(60-52)83-29-30-14-13-15-33(20-30)86(70,71)72)58-37-24-41(69(11-3)12-4)45(82-8)26-39(37)63-65-51-35(28-56)49(67-85-51)32-17-19-43(80-6)47(22-32)88(76,77)78/h13-26H,9-12,29H2,1-8H3,(H,70,71,72)(H,73,74,75)(H,76,77,78)(H2,57,58,59,60,61)/b64-62+,65-63+. The van der Waals surface area contributed by atoms with Gasteiger partial charge < -0.3 is 39.4 Å². The molecule has 0 atom stereocenters. The molecule has 34 heteroatoms. The highest BCUT2D eigenvalue weighted by Crippen LogP contribution is 2.45. The molecule has 5 aromatic carbocycles. The zero-order valence-corrected chi connectivity index (χ0v) is 52.7. The van der Waals surface area contributed by atoms with Crippen molar-refractivity contribution in [2.24, 2.45) is 20.5 Å². The summed E-state index contributed by atoms with van der Waals surface area (Å²) in [5, 5.41) is 45.6. The summed E-state index contributed by atoms with van der Waals surface area (Å²) >= 11 is 2.69. The van der Waals surface area contributed by atoms with Crippen molar-refractivity contribution in [3.8, 4) is 57.7 Å². The monoisotopic (exact) mass is 1310 g/mol. The minimum absolute atomic E-state index is 0.0329. The van der Waals surface area contributed by atoms with E-state index in [1.165, 1.54) is 70.9 Å². The maximum Gasteiger partial charge on any atom is 0.298 e. The van der Waals surface area contributed by atoms with Gasteiger partial charge in [0.25, 0.3) is 30.4 Å². The number of methoxy groups -OCH3 is 4. The minimum atomic E-state index is -4.76. The molecule has 0 saturated carbocycles. The summed E-state index contributed by atoms with van der Waals surface area (Å²) in [7, 11) is -8.64. The van der Waals surface area contributed by atoms with E-state index in [1.54, 1.807) is 30.3 Å². The third-order valence-corrected chi connectivity index (χ3v) is 18.0. The van der Waals surface area contributed by atoms with Gasteiger partial charge in [0.2, 0.25) is 11.9 Å². The van der Waals surface area contributed by atoms with Gasteiger partial charge in [-0.25, -0.2) is 0 Å². The van der Waals surface area contributed by atoms with Crippen LogP contribution in [0.1, 0.15) is 44.4 Å². The number of aromatic nitrogens is 5. The Morgan fingerprint density at radius 3 is 1.36 bits per heavy atom. The van der Waals surface area contributed by atoms with Crippen molar-refractivity contribution >= 4 is 121 Å². The van der Waals surface area contributed by atoms with Crippen LogP contribution in [-0.2, 0) is 36.1 Å². The van der Waals surface area contributed by atoms with Crippen LogP contribution >= 0.6 is 34.8 Å². The summed E-state index contributed by atoms with van der Waals surface area (Å²) < 4.78 is 134. The van der Waals surface area contributed by atoms with E-state index >= 15 is 0 Å². The molecule has 458 valence electrons. The Hall–Kier alpha value is -8.97. The zero-order valence-electron chi connectivity index (χ0n) is 47.8. The molecule has 88 heavy (non-hydrogen) atoms. The molecule has 0 amide bonds. The Bertz CT molecular complexity index is 4210. The van der Waals surface area contributed by atoms with Crippen molar-refractivity contribution in [2.45, 2.75) is 53.3 Å². The van der Waals surface area contributed by atoms with E-state index in [0.717, 1.165) is 47.0 Å². The molecule has 0 unspecified atom stereocenters. The van der Waals surface area contributed by atoms with E-state index in [2.05, 4.69) is 52.0 Å². The van der Waals surface area contributed by atoms with Gasteiger partial charge in [-0.1, -0.05) is 23.9 Å². The van der Waals surface area contributed by atoms with Gasteiger partial charge >= 0.3 is 0 Å². The normalized spacial score (nSPS) is 11.8. The van der Waals surface area contributed by atoms with Crippen LogP contribution in [0.2, 0.25) is 0 Å². The maximum atomic E-state index is 12.3. The van der Waals surface area contributed by atoms with Gasteiger partial charge in [0.05, 0.1) is 56.1 Å². The number of azo groups is 2. The smallest absolute Gasteiger partial charge is 0.298 e. The fourth-order valence-electron chi connectivity index (χ4n) is 8.69. The molecule has 0 aliphatic carbocycles. The number of hydrogen-bond acceptors (Lipinski definition) is 28. The summed E-state index contributed by atoms with van der Waals surface area (Å²) in [6.45, 7) is 10.0. The number of rotatable bonds is 26. The van der Waals surface area contributed by atoms with Crippen LogP contribution in [0, 0.1) is 22.7 Å². The molecule has 0 aliphatic heterocycles. The van der Waals surface area contributed by atoms with Crippen molar-refractivity contribution in [1.82, 2.24) is 23.7 Å². The molecular weight excluding hydrogens is 1260 g/mol. The SMILES string of the molecule is CCN(CC)c1cc(Nc2nc(Nc3cc(N(CC)CC)c(OC)cc3/N=N/c3snc(-c4ccc(OC)c(S(=O)(=O)O)c4)c3C#N)nc(SCc3cccc(S(=O)(=O)O)c3)n2)c(/N=N/c2snc(-c3ccc(OC)c(S(=O)(=O)O)c3)c2C#N)cc1OC. The topological polar surface area (TPSA) is 392 Å². The molecule has 0 bridgehead atoms. The molecule has 0 radical (unpaired) electrons. The molecule has 8 rings (SSSR count). The van der Waals surface area contributed by atoms with Gasteiger partial charge in [0.1, 0.15) is 78.8 Å². The molecule has 0 aliphatic rings. The van der Waals surface area contributed by atoms with Crippen molar-refractivity contribution in [3.05, 3.63) is 102 Å². The van der Waals surface area contributed by atoms with Crippen molar-refractivity contribution in [2.75, 3.05) is 75.1 Å². The Morgan fingerprint density at radius 1 is 0.557 bits per heavy atom. The van der Waals surface area contributed by atoms with Gasteiger partial charge in [-0.3, -0.25) is 13.7 Å². The van der Waals surface area contributed by atoms with Crippen molar-refractivity contribution < 1.29 is 57.9 Å². The van der Waals surface area contributed by atoms with Crippen LogP contribution in [0.3, 0.4) is 0 Å². The first-order chi connectivity index (χ1) is 42.0. The van der Waals surface area contributed by atoms with E-state index in [1.807, 2.05) is 37.5 Å². The molecule has 3 heterocycles. The fourth-order valence-corrected chi connectivity index (χ4v) is 12.8. The molecule has 8 aromatic rings. The average molecular weight is 1310 g/mol. The number of nitrogens with one attached hydrogen (secondary N) is 2. The summed E-state index contributed by atoms with van der Waals surface area (Å²) in [5.74, 6) is 0.457. The number of hydrogen-bond donors (Lipinski definition) is 5. The number of thioether (sulfide) groups is 1. The summed E-state index contributed by atoms with van der Waals surface area (Å²) in [5.41, 5.74) is 2.86. The Labute approximate surface area is 518 Å². The molecule has 3 aromatic heterocycles. The number of benzene rings is 5. The Morgan fingerprint density at radius 2 is 0.989 bits per heavy atom. The summed E-state index contributed by atoms with van der Waals surface area (Å²) in [4.78, 5) is 17.0. The highest BCUT2D eigenvalue weighted by Gasteiger charge is 2.26. The second-order valence-electron chi connectivity index (χ2n) is 18.1. The molecule has 0 fully saturated rings. The highest BCUT2D eigenvalue weighted by molar-refractivity contribution is 7.98. The largest absolute Gasteiger partial charge is 0.495 e. The lowest BCUT2D eigenvalue weighted by Crippen LogP contribution is -2.22. The first-order valence-corrected chi connectivity index (χ1v) is 32.8. The molecular formula is C54H53N15O13S6.